The Morgan fingerprint density at radius 2 is 1.79 bits per heavy atom. The summed E-state index contributed by atoms with van der Waals surface area (Å²) in [6.45, 7) is 8.95. The van der Waals surface area contributed by atoms with E-state index in [9.17, 15) is 13.2 Å². The molecule has 3 aromatic rings. The zero-order valence-electron chi connectivity index (χ0n) is 18.6. The van der Waals surface area contributed by atoms with Crippen molar-refractivity contribution in [3.8, 4) is 11.3 Å². The SMILES string of the molecule is CCN(CCN1CCN(c2ccccn2)CC1)Cc1cc(-c2ccccc2C(F)(F)F)no1. The van der Waals surface area contributed by atoms with Crippen LogP contribution in [0.25, 0.3) is 11.3 Å². The average molecular weight is 460 g/mol. The second-order valence-electron chi connectivity index (χ2n) is 8.11. The standard InChI is InChI=1S/C24H28F3N5O/c1-2-30(11-12-31-13-15-32(16-14-31)23-9-5-6-10-28-23)18-19-17-22(29-33-19)20-7-3-4-8-21(20)24(25,26)27/h3-10,17H,2,11-16,18H2,1H3. The number of alkyl halides is 3. The summed E-state index contributed by atoms with van der Waals surface area (Å²) in [6, 6.07) is 13.0. The molecule has 2 aromatic heterocycles. The van der Waals surface area contributed by atoms with Crippen molar-refractivity contribution in [3.05, 3.63) is 66.1 Å². The third-order valence-corrected chi connectivity index (χ3v) is 5.97. The Bertz CT molecular complexity index is 1020. The molecule has 1 aromatic carbocycles. The molecule has 0 N–H and O–H groups in total. The lowest BCUT2D eigenvalue weighted by Gasteiger charge is -2.36. The van der Waals surface area contributed by atoms with Gasteiger partial charge in [-0.25, -0.2) is 4.98 Å². The van der Waals surface area contributed by atoms with Crippen molar-refractivity contribution in [2.24, 2.45) is 0 Å². The minimum Gasteiger partial charge on any atom is -0.359 e. The minimum absolute atomic E-state index is 0.0359. The highest BCUT2D eigenvalue weighted by Gasteiger charge is 2.34. The first kappa shape index (κ1) is 23.3. The molecule has 0 unspecified atom stereocenters. The monoisotopic (exact) mass is 459 g/mol. The van der Waals surface area contributed by atoms with E-state index < -0.39 is 11.7 Å². The van der Waals surface area contributed by atoms with Crippen molar-refractivity contribution in [2.75, 3.05) is 50.7 Å². The summed E-state index contributed by atoms with van der Waals surface area (Å²) in [4.78, 5) is 11.4. The van der Waals surface area contributed by atoms with Crippen molar-refractivity contribution >= 4 is 5.82 Å². The van der Waals surface area contributed by atoms with Gasteiger partial charge in [-0.15, -0.1) is 0 Å². The Hall–Kier alpha value is -2.91. The Morgan fingerprint density at radius 3 is 2.48 bits per heavy atom. The number of nitrogens with zero attached hydrogens (tertiary/aromatic N) is 5. The molecule has 1 saturated heterocycles. The predicted octanol–water partition coefficient (Wildman–Crippen LogP) is 4.40. The molecule has 176 valence electrons. The zero-order chi connectivity index (χ0) is 23.3. The van der Waals surface area contributed by atoms with Crippen LogP contribution in [0.1, 0.15) is 18.2 Å². The van der Waals surface area contributed by atoms with Gasteiger partial charge in [0.2, 0.25) is 0 Å². The topological polar surface area (TPSA) is 48.6 Å². The van der Waals surface area contributed by atoms with E-state index in [2.05, 4.69) is 31.8 Å². The van der Waals surface area contributed by atoms with Crippen LogP contribution < -0.4 is 4.90 Å². The van der Waals surface area contributed by atoms with E-state index >= 15 is 0 Å². The average Bonchev–Trinajstić information content (AvgIpc) is 3.30. The summed E-state index contributed by atoms with van der Waals surface area (Å²) >= 11 is 0. The smallest absolute Gasteiger partial charge is 0.359 e. The molecule has 3 heterocycles. The van der Waals surface area contributed by atoms with E-state index in [4.69, 9.17) is 4.52 Å². The third-order valence-electron chi connectivity index (χ3n) is 5.97. The number of aromatic nitrogens is 2. The van der Waals surface area contributed by atoms with Crippen molar-refractivity contribution in [1.82, 2.24) is 19.9 Å². The van der Waals surface area contributed by atoms with Crippen molar-refractivity contribution in [3.63, 3.8) is 0 Å². The van der Waals surface area contributed by atoms with Crippen LogP contribution in [0.4, 0.5) is 19.0 Å². The Kier molecular flexibility index (Phi) is 7.29. The number of halogens is 3. The summed E-state index contributed by atoms with van der Waals surface area (Å²) in [5.74, 6) is 1.57. The molecule has 4 rings (SSSR count). The van der Waals surface area contributed by atoms with Gasteiger partial charge in [0.25, 0.3) is 0 Å². The second kappa shape index (κ2) is 10.4. The summed E-state index contributed by atoms with van der Waals surface area (Å²) < 4.78 is 45.4. The number of benzene rings is 1. The molecular weight excluding hydrogens is 431 g/mol. The third kappa shape index (κ3) is 5.91. The van der Waals surface area contributed by atoms with Crippen molar-refractivity contribution in [2.45, 2.75) is 19.6 Å². The maximum absolute atomic E-state index is 13.3. The van der Waals surface area contributed by atoms with E-state index in [1.54, 1.807) is 12.1 Å². The molecule has 0 atom stereocenters. The molecule has 1 aliphatic rings. The second-order valence-corrected chi connectivity index (χ2v) is 8.11. The lowest BCUT2D eigenvalue weighted by molar-refractivity contribution is -0.137. The van der Waals surface area contributed by atoms with Gasteiger partial charge in [-0.2, -0.15) is 13.2 Å². The maximum Gasteiger partial charge on any atom is 0.417 e. The van der Waals surface area contributed by atoms with Gasteiger partial charge in [-0.3, -0.25) is 9.80 Å². The van der Waals surface area contributed by atoms with Crippen molar-refractivity contribution < 1.29 is 17.7 Å². The highest BCUT2D eigenvalue weighted by atomic mass is 19.4. The highest BCUT2D eigenvalue weighted by Crippen LogP contribution is 2.36. The van der Waals surface area contributed by atoms with Gasteiger partial charge in [0.05, 0.1) is 12.1 Å². The van der Waals surface area contributed by atoms with Crippen LogP contribution in [0.3, 0.4) is 0 Å². The summed E-state index contributed by atoms with van der Waals surface area (Å²) in [5, 5.41) is 3.91. The number of piperazine rings is 1. The number of likely N-dealkylation sites (N-methyl/N-ethyl adjacent to an activating group) is 1. The molecule has 1 aliphatic heterocycles. The maximum atomic E-state index is 13.3. The first-order valence-corrected chi connectivity index (χ1v) is 11.2. The molecule has 0 radical (unpaired) electrons. The van der Waals surface area contributed by atoms with Gasteiger partial charge in [0.1, 0.15) is 11.5 Å². The van der Waals surface area contributed by atoms with E-state index in [1.807, 2.05) is 24.4 Å². The summed E-state index contributed by atoms with van der Waals surface area (Å²) in [5.41, 5.74) is -0.463. The number of hydrogen-bond donors (Lipinski definition) is 0. The van der Waals surface area contributed by atoms with Crippen LogP contribution in [0, 0.1) is 0 Å². The van der Waals surface area contributed by atoms with Gasteiger partial charge in [-0.05, 0) is 24.7 Å². The molecule has 0 bridgehead atoms. The largest absolute Gasteiger partial charge is 0.417 e. The van der Waals surface area contributed by atoms with Gasteiger partial charge in [0.15, 0.2) is 5.76 Å². The number of hydrogen-bond acceptors (Lipinski definition) is 6. The predicted molar refractivity (Wildman–Crippen MR) is 121 cm³/mol. The zero-order valence-corrected chi connectivity index (χ0v) is 18.6. The molecule has 1 fully saturated rings. The molecule has 9 heteroatoms. The van der Waals surface area contributed by atoms with Gasteiger partial charge in [-0.1, -0.05) is 36.3 Å². The lowest BCUT2D eigenvalue weighted by atomic mass is 10.0. The summed E-state index contributed by atoms with van der Waals surface area (Å²) in [7, 11) is 0. The van der Waals surface area contributed by atoms with Crippen LogP contribution in [-0.4, -0.2) is 65.8 Å². The Morgan fingerprint density at radius 1 is 1.03 bits per heavy atom. The summed E-state index contributed by atoms with van der Waals surface area (Å²) in [6.07, 6.45) is -2.62. The van der Waals surface area contributed by atoms with Gasteiger partial charge >= 0.3 is 6.18 Å². The molecular formula is C24H28F3N5O. The number of rotatable bonds is 8. The van der Waals surface area contributed by atoms with E-state index in [0.29, 0.717) is 12.3 Å². The van der Waals surface area contributed by atoms with Crippen LogP contribution in [0.5, 0.6) is 0 Å². The van der Waals surface area contributed by atoms with Crippen LogP contribution in [0.2, 0.25) is 0 Å². The normalized spacial score (nSPS) is 15.4. The molecule has 33 heavy (non-hydrogen) atoms. The van der Waals surface area contributed by atoms with Crippen LogP contribution >= 0.6 is 0 Å². The molecule has 6 nitrogen and oxygen atoms in total. The van der Waals surface area contributed by atoms with Crippen molar-refractivity contribution in [1.29, 1.82) is 0 Å². The Balaban J connectivity index is 1.31. The first-order valence-electron chi connectivity index (χ1n) is 11.2. The fraction of sp³-hybridized carbons (Fsp3) is 0.417. The first-order chi connectivity index (χ1) is 15.9. The Labute approximate surface area is 191 Å². The fourth-order valence-electron chi connectivity index (χ4n) is 4.06. The molecule has 0 aliphatic carbocycles. The quantitative estimate of drug-likeness (QED) is 0.498. The molecule has 0 spiro atoms. The van der Waals surface area contributed by atoms with Gasteiger partial charge in [0, 0.05) is 57.1 Å². The fourth-order valence-corrected chi connectivity index (χ4v) is 4.06. The number of pyridine rings is 1. The van der Waals surface area contributed by atoms with Gasteiger partial charge < -0.3 is 9.42 Å². The van der Waals surface area contributed by atoms with E-state index in [0.717, 1.165) is 57.7 Å². The van der Waals surface area contributed by atoms with Crippen LogP contribution in [-0.2, 0) is 12.7 Å². The van der Waals surface area contributed by atoms with E-state index in [-0.39, 0.29) is 11.3 Å². The van der Waals surface area contributed by atoms with Crippen LogP contribution in [0.15, 0.2) is 59.3 Å². The molecule has 0 amide bonds. The van der Waals surface area contributed by atoms with E-state index in [1.165, 1.54) is 12.1 Å². The minimum atomic E-state index is -4.44. The number of anilines is 1. The molecule has 0 saturated carbocycles. The highest BCUT2D eigenvalue weighted by molar-refractivity contribution is 5.64. The lowest BCUT2D eigenvalue weighted by Crippen LogP contribution is -2.48.